The summed E-state index contributed by atoms with van der Waals surface area (Å²) in [7, 11) is 0. The van der Waals surface area contributed by atoms with Crippen molar-refractivity contribution in [2.45, 2.75) is 56.0 Å². The van der Waals surface area contributed by atoms with Crippen LogP contribution in [0.2, 0.25) is 15.5 Å². The van der Waals surface area contributed by atoms with E-state index in [9.17, 15) is 0 Å². The molecule has 0 aliphatic carbocycles. The van der Waals surface area contributed by atoms with E-state index in [1.54, 1.807) is 10.6 Å². The SMILES string of the molecule is CCC[SeH](CCC)C(C)C. The normalized spacial score (nSPS) is 12.3. The molecular formula is C9H22Se. The van der Waals surface area contributed by atoms with E-state index in [0.717, 1.165) is 4.82 Å². The van der Waals surface area contributed by atoms with Crippen molar-refractivity contribution in [3.05, 3.63) is 0 Å². The van der Waals surface area contributed by atoms with Crippen molar-refractivity contribution in [3.8, 4) is 0 Å². The fourth-order valence-electron chi connectivity index (χ4n) is 1.20. The molecule has 0 saturated carbocycles. The van der Waals surface area contributed by atoms with E-state index in [-0.39, 0.29) is 13.9 Å². The molecule has 0 atom stereocenters. The molecule has 0 aliphatic heterocycles. The third kappa shape index (κ3) is 4.35. The molecular weight excluding hydrogens is 187 g/mol. The van der Waals surface area contributed by atoms with Gasteiger partial charge in [0.1, 0.15) is 0 Å². The van der Waals surface area contributed by atoms with Crippen LogP contribution in [0.3, 0.4) is 0 Å². The molecule has 0 saturated heterocycles. The second kappa shape index (κ2) is 6.24. The van der Waals surface area contributed by atoms with Crippen LogP contribution < -0.4 is 0 Å². The van der Waals surface area contributed by atoms with E-state index < -0.39 is 0 Å². The van der Waals surface area contributed by atoms with Gasteiger partial charge in [-0.15, -0.1) is 0 Å². The molecule has 0 unspecified atom stereocenters. The van der Waals surface area contributed by atoms with Crippen molar-refractivity contribution in [2.24, 2.45) is 0 Å². The molecule has 0 aromatic heterocycles. The number of hydrogen-bond acceptors (Lipinski definition) is 0. The van der Waals surface area contributed by atoms with Crippen LogP contribution in [0.25, 0.3) is 0 Å². The van der Waals surface area contributed by atoms with Gasteiger partial charge in [0.2, 0.25) is 0 Å². The Balaban J connectivity index is 3.50. The van der Waals surface area contributed by atoms with Crippen molar-refractivity contribution in [1.82, 2.24) is 0 Å². The summed E-state index contributed by atoms with van der Waals surface area (Å²) in [5.74, 6) is 0. The molecule has 0 aromatic rings. The quantitative estimate of drug-likeness (QED) is 0.608. The summed E-state index contributed by atoms with van der Waals surface area (Å²) in [5, 5.41) is 3.14. The van der Waals surface area contributed by atoms with Gasteiger partial charge in [-0.05, 0) is 0 Å². The molecule has 1 heteroatoms. The molecule has 64 valence electrons. The maximum absolute atomic E-state index is 2.41. The molecule has 0 radical (unpaired) electrons. The molecule has 0 nitrogen and oxygen atoms in total. The van der Waals surface area contributed by atoms with Gasteiger partial charge in [-0.1, -0.05) is 0 Å². The molecule has 0 aliphatic rings. The Labute approximate surface area is 70.3 Å². The first-order chi connectivity index (χ1) is 4.72. The van der Waals surface area contributed by atoms with Crippen LogP contribution in [0, 0.1) is 0 Å². The molecule has 0 fully saturated rings. The minimum atomic E-state index is -0.372. The summed E-state index contributed by atoms with van der Waals surface area (Å²) in [5.41, 5.74) is 0. The molecule has 0 N–H and O–H groups in total. The van der Waals surface area contributed by atoms with E-state index >= 15 is 0 Å². The average molecular weight is 209 g/mol. The second-order valence-electron chi connectivity index (χ2n) is 3.13. The zero-order chi connectivity index (χ0) is 7.98. The minimum absolute atomic E-state index is 0.372. The van der Waals surface area contributed by atoms with Crippen LogP contribution in [-0.4, -0.2) is 13.9 Å². The molecule has 0 amide bonds. The number of hydrogen-bond donors (Lipinski definition) is 0. The molecule has 0 rings (SSSR count). The first-order valence-electron chi connectivity index (χ1n) is 4.46. The standard InChI is InChI=1S/C9H22Se/c1-5-7-10(8-6-2)9(3)4/h9-10H,5-8H2,1-4H3. The average Bonchev–Trinajstić information content (AvgIpc) is 1.87. The molecule has 0 bridgehead atoms. The Morgan fingerprint density at radius 3 is 1.60 bits per heavy atom. The summed E-state index contributed by atoms with van der Waals surface area (Å²) in [6.07, 6.45) is 2.83. The van der Waals surface area contributed by atoms with Crippen LogP contribution in [0.1, 0.15) is 40.5 Å². The first-order valence-corrected chi connectivity index (χ1v) is 8.20. The fraction of sp³-hybridized carbons (Fsp3) is 1.00. The molecule has 0 aromatic carbocycles. The zero-order valence-electron chi connectivity index (χ0n) is 7.85. The third-order valence-corrected chi connectivity index (χ3v) is 9.10. The summed E-state index contributed by atoms with van der Waals surface area (Å²) in [4.78, 5) is 1.03. The third-order valence-electron chi connectivity index (χ3n) is 1.75. The van der Waals surface area contributed by atoms with Gasteiger partial charge in [0, 0.05) is 0 Å². The van der Waals surface area contributed by atoms with Gasteiger partial charge in [0.25, 0.3) is 0 Å². The Morgan fingerprint density at radius 2 is 1.40 bits per heavy atom. The van der Waals surface area contributed by atoms with Crippen molar-refractivity contribution >= 4 is 13.9 Å². The topological polar surface area (TPSA) is 0 Å². The summed E-state index contributed by atoms with van der Waals surface area (Å²) in [6, 6.07) is 0. The van der Waals surface area contributed by atoms with Crippen LogP contribution in [-0.2, 0) is 0 Å². The maximum atomic E-state index is 2.41. The van der Waals surface area contributed by atoms with Gasteiger partial charge in [0.05, 0.1) is 0 Å². The second-order valence-corrected chi connectivity index (χ2v) is 9.64. The Hall–Kier alpha value is 0.519. The van der Waals surface area contributed by atoms with Gasteiger partial charge in [-0.25, -0.2) is 0 Å². The van der Waals surface area contributed by atoms with Crippen molar-refractivity contribution in [1.29, 1.82) is 0 Å². The molecule has 10 heavy (non-hydrogen) atoms. The van der Waals surface area contributed by atoms with E-state index in [1.165, 1.54) is 12.8 Å². The van der Waals surface area contributed by atoms with Gasteiger partial charge in [-0.3, -0.25) is 0 Å². The van der Waals surface area contributed by atoms with Gasteiger partial charge >= 0.3 is 69.9 Å². The predicted octanol–water partition coefficient (Wildman–Crippen LogP) is 3.44. The van der Waals surface area contributed by atoms with E-state index in [1.807, 2.05) is 0 Å². The number of rotatable bonds is 5. The Morgan fingerprint density at radius 1 is 1.00 bits per heavy atom. The van der Waals surface area contributed by atoms with E-state index in [2.05, 4.69) is 27.7 Å². The van der Waals surface area contributed by atoms with E-state index in [0.29, 0.717) is 0 Å². The first kappa shape index (κ1) is 10.5. The van der Waals surface area contributed by atoms with Gasteiger partial charge in [-0.2, -0.15) is 0 Å². The molecule has 0 spiro atoms. The Bertz CT molecular complexity index is 63.1. The van der Waals surface area contributed by atoms with Crippen LogP contribution >= 0.6 is 0 Å². The summed E-state index contributed by atoms with van der Waals surface area (Å²) in [6.45, 7) is 9.45. The molecule has 0 heterocycles. The van der Waals surface area contributed by atoms with Crippen molar-refractivity contribution < 1.29 is 0 Å². The Kier molecular flexibility index (Phi) is 6.57. The van der Waals surface area contributed by atoms with Crippen LogP contribution in [0.15, 0.2) is 0 Å². The van der Waals surface area contributed by atoms with Gasteiger partial charge < -0.3 is 0 Å². The fourth-order valence-corrected chi connectivity index (χ4v) is 6.25. The van der Waals surface area contributed by atoms with Crippen LogP contribution in [0.4, 0.5) is 0 Å². The van der Waals surface area contributed by atoms with Crippen LogP contribution in [0.5, 0.6) is 0 Å². The summed E-state index contributed by atoms with van der Waals surface area (Å²) < 4.78 is 0. The van der Waals surface area contributed by atoms with Gasteiger partial charge in [0.15, 0.2) is 0 Å². The van der Waals surface area contributed by atoms with Crippen molar-refractivity contribution in [3.63, 3.8) is 0 Å². The summed E-state index contributed by atoms with van der Waals surface area (Å²) >= 11 is -0.372. The monoisotopic (exact) mass is 210 g/mol. The van der Waals surface area contributed by atoms with Crippen molar-refractivity contribution in [2.75, 3.05) is 0 Å². The predicted molar refractivity (Wildman–Crippen MR) is 52.4 cm³/mol. The van der Waals surface area contributed by atoms with E-state index in [4.69, 9.17) is 0 Å². The zero-order valence-corrected chi connectivity index (χ0v) is 9.73.